The molecule has 2 aromatic carbocycles. The van der Waals surface area contributed by atoms with Gasteiger partial charge in [-0.3, -0.25) is 9.69 Å². The first-order chi connectivity index (χ1) is 19.6. The van der Waals surface area contributed by atoms with Crippen molar-refractivity contribution < 1.29 is 19.1 Å². The summed E-state index contributed by atoms with van der Waals surface area (Å²) in [5, 5.41) is 6.94. The first-order valence-corrected chi connectivity index (χ1v) is 14.5. The van der Waals surface area contributed by atoms with Crippen LogP contribution in [0.2, 0.25) is 0 Å². The molecule has 1 aromatic heterocycles. The number of carbonyl (C=O) groups is 3. The summed E-state index contributed by atoms with van der Waals surface area (Å²) in [5.74, 6) is -0.321. The lowest BCUT2D eigenvalue weighted by Gasteiger charge is -2.48. The third-order valence-corrected chi connectivity index (χ3v) is 7.94. The van der Waals surface area contributed by atoms with Crippen LogP contribution in [0.5, 0.6) is 0 Å². The lowest BCUT2D eigenvalue weighted by molar-refractivity contribution is -0.124. The summed E-state index contributed by atoms with van der Waals surface area (Å²) in [6, 6.07) is 16.1. The third-order valence-electron chi connectivity index (χ3n) is 7.56. The molecule has 2 saturated heterocycles. The van der Waals surface area contributed by atoms with Crippen molar-refractivity contribution in [3.8, 4) is 0 Å². The summed E-state index contributed by atoms with van der Waals surface area (Å²) >= 11 is 5.71. The molecule has 9 nitrogen and oxygen atoms in total. The van der Waals surface area contributed by atoms with E-state index >= 15 is 0 Å². The second-order valence-electron chi connectivity index (χ2n) is 11.7. The molecule has 10 heteroatoms. The number of ether oxygens (including phenoxy) is 1. The molecule has 0 unspecified atom stereocenters. The van der Waals surface area contributed by atoms with E-state index < -0.39 is 17.7 Å². The van der Waals surface area contributed by atoms with Crippen LogP contribution >= 0.6 is 12.2 Å². The van der Waals surface area contributed by atoms with Crippen molar-refractivity contribution in [2.24, 2.45) is 0 Å². The molecule has 0 spiro atoms. The fraction of sp³-hybridized carbons (Fsp3) is 0.419. The van der Waals surface area contributed by atoms with Crippen molar-refractivity contribution in [2.45, 2.75) is 76.7 Å². The molecule has 3 aromatic rings. The number of hydrogen-bond donors (Lipinski definition) is 3. The number of nitrogens with zero attached hydrogens (tertiary/aromatic N) is 2. The number of hydrogen-bond acceptors (Lipinski definition) is 5. The normalized spacial score (nSPS) is 20.0. The van der Waals surface area contributed by atoms with Gasteiger partial charge in [-0.05, 0) is 50.8 Å². The number of alkyl carbamates (subject to hydrolysis) is 1. The SMILES string of the molecule is CC(C)(C)OC(=O)N[C@@H](Cc1c[nH]c2ccccc12)C(=O)N[C@@H]1CCCN2C(=O)N(Cc3ccccc3)C(=S)C[C@@H]12. The third kappa shape index (κ3) is 6.70. The molecule has 216 valence electrons. The highest BCUT2D eigenvalue weighted by Gasteiger charge is 2.43. The van der Waals surface area contributed by atoms with Crippen molar-refractivity contribution in [1.29, 1.82) is 0 Å². The number of benzene rings is 2. The molecule has 41 heavy (non-hydrogen) atoms. The Balaban J connectivity index is 1.32. The largest absolute Gasteiger partial charge is 0.444 e. The van der Waals surface area contributed by atoms with Gasteiger partial charge in [-0.1, -0.05) is 60.7 Å². The van der Waals surface area contributed by atoms with Gasteiger partial charge in [0, 0.05) is 42.5 Å². The molecule has 0 aliphatic carbocycles. The number of piperidine rings is 1. The van der Waals surface area contributed by atoms with Gasteiger partial charge in [0.2, 0.25) is 5.91 Å². The van der Waals surface area contributed by atoms with E-state index in [0.717, 1.165) is 28.5 Å². The van der Waals surface area contributed by atoms with Crippen LogP contribution in [0.3, 0.4) is 0 Å². The standard InChI is InChI=1S/C31H37N5O4S/c1-31(2,3)40-29(38)34-25(16-21-18-32-23-13-8-7-12-22(21)23)28(37)33-24-14-9-15-35-26(24)17-27(41)36(30(35)39)19-20-10-5-4-6-11-20/h4-8,10-13,18,24-26,32H,9,14-17,19H2,1-3H3,(H,33,37)(H,34,38)/t24-,25+,26+/m1/s1. The second kappa shape index (κ2) is 11.9. The van der Waals surface area contributed by atoms with Crippen LogP contribution < -0.4 is 10.6 Å². The molecule has 0 radical (unpaired) electrons. The summed E-state index contributed by atoms with van der Waals surface area (Å²) in [7, 11) is 0. The summed E-state index contributed by atoms with van der Waals surface area (Å²) < 4.78 is 5.48. The number of fused-ring (bicyclic) bond motifs is 2. The van der Waals surface area contributed by atoms with E-state index in [-0.39, 0.29) is 30.4 Å². The molecular formula is C31H37N5O4S. The number of rotatable bonds is 7. The molecule has 2 aliphatic rings. The molecule has 3 heterocycles. The highest BCUT2D eigenvalue weighted by Crippen LogP contribution is 2.29. The minimum absolute atomic E-state index is 0.128. The monoisotopic (exact) mass is 575 g/mol. The Hall–Kier alpha value is -3.92. The van der Waals surface area contributed by atoms with Gasteiger partial charge in [-0.25, -0.2) is 9.59 Å². The van der Waals surface area contributed by atoms with Crippen LogP contribution in [0, 0.1) is 0 Å². The number of thiocarbonyl (C=S) groups is 1. The summed E-state index contributed by atoms with van der Waals surface area (Å²) in [6.45, 7) is 6.37. The number of urea groups is 1. The van der Waals surface area contributed by atoms with E-state index in [4.69, 9.17) is 17.0 Å². The molecule has 2 aliphatic heterocycles. The highest BCUT2D eigenvalue weighted by molar-refractivity contribution is 7.80. The van der Waals surface area contributed by atoms with Gasteiger partial charge in [-0.15, -0.1) is 0 Å². The Morgan fingerprint density at radius 3 is 2.61 bits per heavy atom. The Bertz CT molecular complexity index is 1430. The van der Waals surface area contributed by atoms with Crippen LogP contribution in [-0.4, -0.2) is 68.1 Å². The zero-order valence-electron chi connectivity index (χ0n) is 23.7. The average molecular weight is 576 g/mol. The van der Waals surface area contributed by atoms with Gasteiger partial charge >= 0.3 is 12.1 Å². The maximum Gasteiger partial charge on any atom is 0.408 e. The van der Waals surface area contributed by atoms with Gasteiger partial charge in [0.1, 0.15) is 11.6 Å². The zero-order chi connectivity index (χ0) is 29.1. The first kappa shape index (κ1) is 28.6. The fourth-order valence-electron chi connectivity index (χ4n) is 5.65. The smallest absolute Gasteiger partial charge is 0.408 e. The summed E-state index contributed by atoms with van der Waals surface area (Å²) in [5.41, 5.74) is 2.17. The predicted molar refractivity (Wildman–Crippen MR) is 161 cm³/mol. The number of carbonyl (C=O) groups excluding carboxylic acids is 3. The summed E-state index contributed by atoms with van der Waals surface area (Å²) in [4.78, 5) is 47.4. The molecule has 5 rings (SSSR count). The van der Waals surface area contributed by atoms with Gasteiger partial charge in [-0.2, -0.15) is 0 Å². The van der Waals surface area contributed by atoms with Gasteiger partial charge in [0.05, 0.1) is 17.6 Å². The van der Waals surface area contributed by atoms with Crippen molar-refractivity contribution in [3.05, 3.63) is 71.9 Å². The van der Waals surface area contributed by atoms with E-state index in [1.54, 1.807) is 25.7 Å². The predicted octanol–water partition coefficient (Wildman–Crippen LogP) is 4.91. The molecular weight excluding hydrogens is 538 g/mol. The van der Waals surface area contributed by atoms with Gasteiger partial charge in [0.25, 0.3) is 0 Å². The van der Waals surface area contributed by atoms with Gasteiger partial charge in [0.15, 0.2) is 0 Å². The first-order valence-electron chi connectivity index (χ1n) is 14.1. The van der Waals surface area contributed by atoms with E-state index in [1.165, 1.54) is 0 Å². The molecule has 3 atom stereocenters. The average Bonchev–Trinajstić information content (AvgIpc) is 3.33. The molecule has 3 N–H and O–H groups in total. The number of aromatic nitrogens is 1. The number of para-hydroxylation sites is 1. The van der Waals surface area contributed by atoms with E-state index in [9.17, 15) is 14.4 Å². The van der Waals surface area contributed by atoms with E-state index in [0.29, 0.717) is 30.9 Å². The van der Waals surface area contributed by atoms with Crippen LogP contribution in [0.25, 0.3) is 10.9 Å². The topological polar surface area (TPSA) is 107 Å². The minimum Gasteiger partial charge on any atom is -0.444 e. The number of nitrogens with one attached hydrogen (secondary N) is 3. The maximum absolute atomic E-state index is 13.8. The highest BCUT2D eigenvalue weighted by atomic mass is 32.1. The minimum atomic E-state index is -0.875. The molecule has 4 amide bonds. The summed E-state index contributed by atoms with van der Waals surface area (Å²) in [6.07, 6.45) is 3.45. The van der Waals surface area contributed by atoms with Gasteiger partial charge < -0.3 is 25.3 Å². The lowest BCUT2D eigenvalue weighted by Crippen LogP contribution is -2.65. The quantitative estimate of drug-likeness (QED) is 0.347. The van der Waals surface area contributed by atoms with Crippen LogP contribution in [0.1, 0.15) is 51.2 Å². The Morgan fingerprint density at radius 1 is 1.12 bits per heavy atom. The van der Waals surface area contributed by atoms with E-state index in [2.05, 4.69) is 15.6 Å². The Morgan fingerprint density at radius 2 is 1.85 bits per heavy atom. The number of aromatic amines is 1. The van der Waals surface area contributed by atoms with Crippen molar-refractivity contribution >= 4 is 46.1 Å². The Kier molecular flexibility index (Phi) is 8.30. The fourth-order valence-corrected chi connectivity index (χ4v) is 5.96. The molecule has 2 fully saturated rings. The number of amides is 4. The molecule has 0 bridgehead atoms. The Labute approximate surface area is 245 Å². The van der Waals surface area contributed by atoms with Crippen LogP contribution in [-0.2, 0) is 22.5 Å². The van der Waals surface area contributed by atoms with Crippen LogP contribution in [0.15, 0.2) is 60.8 Å². The maximum atomic E-state index is 13.8. The molecule has 0 saturated carbocycles. The van der Waals surface area contributed by atoms with Crippen molar-refractivity contribution in [1.82, 2.24) is 25.4 Å². The second-order valence-corrected chi connectivity index (χ2v) is 12.2. The van der Waals surface area contributed by atoms with Crippen LogP contribution in [0.4, 0.5) is 9.59 Å². The van der Waals surface area contributed by atoms with E-state index in [1.807, 2.05) is 65.7 Å². The van der Waals surface area contributed by atoms with Crippen molar-refractivity contribution in [2.75, 3.05) is 6.54 Å². The lowest BCUT2D eigenvalue weighted by atomic mass is 9.91. The zero-order valence-corrected chi connectivity index (χ0v) is 24.5. The van der Waals surface area contributed by atoms with Crippen molar-refractivity contribution in [3.63, 3.8) is 0 Å². The number of H-pyrrole nitrogens is 1.